The van der Waals surface area contributed by atoms with Gasteiger partial charge in [-0.05, 0) is 59.7 Å². The van der Waals surface area contributed by atoms with Crippen LogP contribution < -0.4 is 14.9 Å². The molecule has 0 radical (unpaired) electrons. The summed E-state index contributed by atoms with van der Waals surface area (Å²) in [5, 5.41) is 0.697. The van der Waals surface area contributed by atoms with Gasteiger partial charge in [0.1, 0.15) is 11.5 Å². The highest BCUT2D eigenvalue weighted by Crippen LogP contribution is 2.26. The van der Waals surface area contributed by atoms with Gasteiger partial charge in [0.05, 0.1) is 19.9 Å². The summed E-state index contributed by atoms with van der Waals surface area (Å²) in [6.45, 7) is 0. The Morgan fingerprint density at radius 3 is 2.04 bits per heavy atom. The predicted octanol–water partition coefficient (Wildman–Crippen LogP) is 4.80. The van der Waals surface area contributed by atoms with E-state index in [-0.39, 0.29) is 5.43 Å². The van der Waals surface area contributed by atoms with Crippen molar-refractivity contribution in [1.82, 2.24) is 4.98 Å². The molecule has 0 atom stereocenters. The maximum atomic E-state index is 13.3. The third-order valence-electron chi connectivity index (χ3n) is 4.93. The number of nitrogens with one attached hydrogen (secondary N) is 1. The van der Waals surface area contributed by atoms with Gasteiger partial charge in [0.25, 0.3) is 0 Å². The first-order valence-corrected chi connectivity index (χ1v) is 9.11. The van der Waals surface area contributed by atoms with Crippen molar-refractivity contribution in [2.45, 2.75) is 6.42 Å². The Labute approximate surface area is 163 Å². The molecule has 4 aromatic rings. The lowest BCUT2D eigenvalue weighted by atomic mass is 9.97. The SMILES string of the molecule is COc1ccc(Cc2c(-c3ccc(OC)cc3)[nH]c3ccccc3c2=O)cc1. The summed E-state index contributed by atoms with van der Waals surface area (Å²) < 4.78 is 10.5. The molecular formula is C24H21NO3. The minimum absolute atomic E-state index is 0.0518. The molecule has 28 heavy (non-hydrogen) atoms. The first-order chi connectivity index (χ1) is 13.7. The first kappa shape index (κ1) is 17.9. The minimum atomic E-state index is 0.0518. The van der Waals surface area contributed by atoms with E-state index in [0.717, 1.165) is 39.4 Å². The monoisotopic (exact) mass is 371 g/mol. The van der Waals surface area contributed by atoms with Crippen LogP contribution >= 0.6 is 0 Å². The Bertz CT molecular complexity index is 1160. The molecule has 0 aliphatic heterocycles. The number of aromatic nitrogens is 1. The van der Waals surface area contributed by atoms with Crippen molar-refractivity contribution in [2.24, 2.45) is 0 Å². The zero-order valence-electron chi connectivity index (χ0n) is 15.9. The van der Waals surface area contributed by atoms with E-state index in [1.165, 1.54) is 0 Å². The number of benzene rings is 3. The highest BCUT2D eigenvalue weighted by atomic mass is 16.5. The molecule has 4 nitrogen and oxygen atoms in total. The highest BCUT2D eigenvalue weighted by molar-refractivity contribution is 5.83. The van der Waals surface area contributed by atoms with Crippen molar-refractivity contribution in [3.8, 4) is 22.8 Å². The lowest BCUT2D eigenvalue weighted by Crippen LogP contribution is -2.13. The zero-order valence-corrected chi connectivity index (χ0v) is 15.9. The van der Waals surface area contributed by atoms with Crippen molar-refractivity contribution >= 4 is 10.9 Å². The van der Waals surface area contributed by atoms with Crippen LogP contribution in [0.15, 0.2) is 77.6 Å². The van der Waals surface area contributed by atoms with Crippen LogP contribution in [-0.2, 0) is 6.42 Å². The molecule has 1 N–H and O–H groups in total. The quantitative estimate of drug-likeness (QED) is 0.548. The van der Waals surface area contributed by atoms with Gasteiger partial charge in [-0.2, -0.15) is 0 Å². The van der Waals surface area contributed by atoms with Gasteiger partial charge < -0.3 is 14.5 Å². The van der Waals surface area contributed by atoms with Crippen LogP contribution in [0.3, 0.4) is 0 Å². The molecule has 0 saturated carbocycles. The topological polar surface area (TPSA) is 51.3 Å². The van der Waals surface area contributed by atoms with Gasteiger partial charge in [0, 0.05) is 22.9 Å². The predicted molar refractivity (Wildman–Crippen MR) is 112 cm³/mol. The van der Waals surface area contributed by atoms with Gasteiger partial charge in [0.15, 0.2) is 5.43 Å². The molecule has 0 spiro atoms. The molecule has 4 rings (SSSR count). The van der Waals surface area contributed by atoms with Crippen molar-refractivity contribution < 1.29 is 9.47 Å². The molecule has 3 aromatic carbocycles. The fraction of sp³-hybridized carbons (Fsp3) is 0.125. The Kier molecular flexibility index (Phi) is 4.85. The number of hydrogen-bond donors (Lipinski definition) is 1. The van der Waals surface area contributed by atoms with Crippen LogP contribution in [-0.4, -0.2) is 19.2 Å². The summed E-state index contributed by atoms with van der Waals surface area (Å²) in [5.74, 6) is 1.58. The van der Waals surface area contributed by atoms with E-state index in [9.17, 15) is 4.79 Å². The summed E-state index contributed by atoms with van der Waals surface area (Å²) in [6, 6.07) is 23.2. The van der Waals surface area contributed by atoms with Crippen molar-refractivity contribution in [3.63, 3.8) is 0 Å². The number of hydrogen-bond acceptors (Lipinski definition) is 3. The van der Waals surface area contributed by atoms with E-state index in [0.29, 0.717) is 11.8 Å². The first-order valence-electron chi connectivity index (χ1n) is 9.11. The summed E-state index contributed by atoms with van der Waals surface area (Å²) in [6.07, 6.45) is 0.533. The van der Waals surface area contributed by atoms with E-state index < -0.39 is 0 Å². The number of H-pyrrole nitrogens is 1. The fourth-order valence-corrected chi connectivity index (χ4v) is 3.40. The number of para-hydroxylation sites is 1. The van der Waals surface area contributed by atoms with E-state index >= 15 is 0 Å². The zero-order chi connectivity index (χ0) is 19.5. The molecular weight excluding hydrogens is 350 g/mol. The maximum Gasteiger partial charge on any atom is 0.193 e. The van der Waals surface area contributed by atoms with Crippen molar-refractivity contribution in [2.75, 3.05) is 14.2 Å². The second kappa shape index (κ2) is 7.61. The Morgan fingerprint density at radius 2 is 1.39 bits per heavy atom. The molecule has 0 unspecified atom stereocenters. The average molecular weight is 371 g/mol. The molecule has 4 heteroatoms. The second-order valence-electron chi connectivity index (χ2n) is 6.61. The van der Waals surface area contributed by atoms with Crippen LogP contribution in [0.2, 0.25) is 0 Å². The maximum absolute atomic E-state index is 13.3. The number of rotatable bonds is 5. The normalized spacial score (nSPS) is 10.8. The molecule has 1 aromatic heterocycles. The molecule has 1 heterocycles. The molecule has 0 fully saturated rings. The number of pyridine rings is 1. The lowest BCUT2D eigenvalue weighted by molar-refractivity contribution is 0.414. The van der Waals surface area contributed by atoms with E-state index in [4.69, 9.17) is 9.47 Å². The van der Waals surface area contributed by atoms with Crippen LogP contribution in [0, 0.1) is 0 Å². The molecule has 0 aliphatic carbocycles. The van der Waals surface area contributed by atoms with Crippen LogP contribution in [0.5, 0.6) is 11.5 Å². The third kappa shape index (κ3) is 3.37. The van der Waals surface area contributed by atoms with Gasteiger partial charge in [-0.3, -0.25) is 4.79 Å². The Morgan fingerprint density at radius 1 is 0.786 bits per heavy atom. The van der Waals surface area contributed by atoms with Gasteiger partial charge in [-0.15, -0.1) is 0 Å². The van der Waals surface area contributed by atoms with Crippen LogP contribution in [0.25, 0.3) is 22.2 Å². The van der Waals surface area contributed by atoms with Gasteiger partial charge in [0.2, 0.25) is 0 Å². The molecule has 0 aliphatic rings. The average Bonchev–Trinajstić information content (AvgIpc) is 2.76. The van der Waals surface area contributed by atoms with Crippen LogP contribution in [0.1, 0.15) is 11.1 Å². The van der Waals surface area contributed by atoms with E-state index in [1.807, 2.05) is 72.8 Å². The largest absolute Gasteiger partial charge is 0.497 e. The van der Waals surface area contributed by atoms with Gasteiger partial charge in [-0.1, -0.05) is 24.3 Å². The summed E-state index contributed by atoms with van der Waals surface area (Å²) in [7, 11) is 3.28. The fourth-order valence-electron chi connectivity index (χ4n) is 3.40. The number of methoxy groups -OCH3 is 2. The number of ether oxygens (including phenoxy) is 2. The van der Waals surface area contributed by atoms with E-state index in [1.54, 1.807) is 14.2 Å². The molecule has 0 bridgehead atoms. The lowest BCUT2D eigenvalue weighted by Gasteiger charge is -2.13. The smallest absolute Gasteiger partial charge is 0.193 e. The summed E-state index contributed by atoms with van der Waals surface area (Å²) >= 11 is 0. The second-order valence-corrected chi connectivity index (χ2v) is 6.61. The van der Waals surface area contributed by atoms with Crippen molar-refractivity contribution in [1.29, 1.82) is 0 Å². The van der Waals surface area contributed by atoms with Gasteiger partial charge >= 0.3 is 0 Å². The molecule has 140 valence electrons. The molecule has 0 saturated heterocycles. The standard InChI is InChI=1S/C24H21NO3/c1-27-18-11-7-16(8-12-18)15-21-23(17-9-13-19(28-2)14-10-17)25-22-6-4-3-5-20(22)24(21)26/h3-14H,15H2,1-2H3,(H,25,26). The highest BCUT2D eigenvalue weighted by Gasteiger charge is 2.14. The third-order valence-corrected chi connectivity index (χ3v) is 4.93. The summed E-state index contributed by atoms with van der Waals surface area (Å²) in [5.41, 5.74) is 4.47. The summed E-state index contributed by atoms with van der Waals surface area (Å²) in [4.78, 5) is 16.8. The van der Waals surface area contributed by atoms with Crippen molar-refractivity contribution in [3.05, 3.63) is 94.1 Å². The molecule has 0 amide bonds. The minimum Gasteiger partial charge on any atom is -0.497 e. The number of fused-ring (bicyclic) bond motifs is 1. The Balaban J connectivity index is 1.88. The van der Waals surface area contributed by atoms with Gasteiger partial charge in [-0.25, -0.2) is 0 Å². The number of aromatic amines is 1. The Hall–Kier alpha value is -3.53. The van der Waals surface area contributed by atoms with Crippen LogP contribution in [0.4, 0.5) is 0 Å². The van der Waals surface area contributed by atoms with E-state index in [2.05, 4.69) is 4.98 Å².